The fourth-order valence-corrected chi connectivity index (χ4v) is 1.58. The van der Waals surface area contributed by atoms with Gasteiger partial charge < -0.3 is 10.6 Å². The molecule has 1 aromatic heterocycles. The molecule has 0 spiro atoms. The molecular formula is C11H17N5. The van der Waals surface area contributed by atoms with E-state index in [1.54, 1.807) is 0 Å². The molecule has 0 aliphatic rings. The average Bonchev–Trinajstić information content (AvgIpc) is 2.76. The molecule has 2 aromatic rings. The van der Waals surface area contributed by atoms with Crippen LogP contribution in [0.3, 0.4) is 0 Å². The molecule has 86 valence electrons. The molecule has 0 radical (unpaired) electrons. The summed E-state index contributed by atoms with van der Waals surface area (Å²) in [7, 11) is 0. The van der Waals surface area contributed by atoms with Gasteiger partial charge in [0.2, 0.25) is 0 Å². The Morgan fingerprint density at radius 1 is 1.12 bits per heavy atom. The zero-order valence-corrected chi connectivity index (χ0v) is 9.45. The maximum Gasteiger partial charge on any atom is 0.113 e. The number of benzene rings is 1. The zero-order valence-electron chi connectivity index (χ0n) is 9.45. The highest BCUT2D eigenvalue weighted by atomic mass is 15.3. The minimum absolute atomic E-state index is 0.869. The first-order valence-corrected chi connectivity index (χ1v) is 5.61. The molecule has 0 saturated carbocycles. The summed E-state index contributed by atoms with van der Waals surface area (Å²) in [5.74, 6) is 0. The molecule has 0 aliphatic carbocycles. The van der Waals surface area contributed by atoms with Crippen LogP contribution in [0, 0.1) is 0 Å². The molecular weight excluding hydrogens is 202 g/mol. The van der Waals surface area contributed by atoms with Crippen LogP contribution in [0.4, 0.5) is 0 Å². The molecule has 0 fully saturated rings. The lowest BCUT2D eigenvalue weighted by molar-refractivity contribution is 0.625. The number of hydrogen-bond donors (Lipinski definition) is 3. The van der Waals surface area contributed by atoms with E-state index >= 15 is 0 Å². The lowest BCUT2D eigenvalue weighted by Gasteiger charge is -2.04. The van der Waals surface area contributed by atoms with Crippen molar-refractivity contribution in [3.8, 4) is 0 Å². The van der Waals surface area contributed by atoms with Gasteiger partial charge >= 0.3 is 0 Å². The molecule has 0 aliphatic heterocycles. The van der Waals surface area contributed by atoms with Gasteiger partial charge in [-0.25, -0.2) is 0 Å². The summed E-state index contributed by atoms with van der Waals surface area (Å²) in [6.07, 6.45) is 0. The van der Waals surface area contributed by atoms with Crippen molar-refractivity contribution < 1.29 is 0 Å². The third-order valence-electron chi connectivity index (χ3n) is 2.44. The van der Waals surface area contributed by atoms with Crippen molar-refractivity contribution >= 4 is 11.0 Å². The number of nitrogens with zero attached hydrogens (tertiary/aromatic N) is 2. The number of H-pyrrole nitrogens is 1. The molecule has 1 aromatic carbocycles. The average molecular weight is 219 g/mol. The van der Waals surface area contributed by atoms with Gasteiger partial charge in [0.05, 0.1) is 0 Å². The standard InChI is InChI=1S/C11H17N5/c1-2-12-5-6-13-8-9-3-4-10-11(7-9)15-16-14-10/h3-4,7,12-13H,2,5-6,8H2,1H3,(H,14,15,16). The number of likely N-dealkylation sites (N-methyl/N-ethyl adjacent to an activating group) is 1. The topological polar surface area (TPSA) is 65.6 Å². The zero-order chi connectivity index (χ0) is 11.2. The molecule has 2 rings (SSSR count). The summed E-state index contributed by atoms with van der Waals surface area (Å²) < 4.78 is 0. The van der Waals surface area contributed by atoms with Gasteiger partial charge in [-0.1, -0.05) is 13.0 Å². The number of aromatic amines is 1. The van der Waals surface area contributed by atoms with E-state index in [0.717, 1.165) is 37.2 Å². The molecule has 0 unspecified atom stereocenters. The van der Waals surface area contributed by atoms with Gasteiger partial charge in [-0.15, -0.1) is 0 Å². The number of hydrogen-bond acceptors (Lipinski definition) is 4. The summed E-state index contributed by atoms with van der Waals surface area (Å²) in [5, 5.41) is 17.3. The molecule has 5 nitrogen and oxygen atoms in total. The van der Waals surface area contributed by atoms with E-state index in [1.807, 2.05) is 6.07 Å². The van der Waals surface area contributed by atoms with E-state index in [1.165, 1.54) is 5.56 Å². The maximum atomic E-state index is 4.06. The fourth-order valence-electron chi connectivity index (χ4n) is 1.58. The molecule has 16 heavy (non-hydrogen) atoms. The van der Waals surface area contributed by atoms with Gasteiger partial charge in [-0.2, -0.15) is 15.4 Å². The second kappa shape index (κ2) is 5.58. The van der Waals surface area contributed by atoms with Crippen LogP contribution in [0.15, 0.2) is 18.2 Å². The Balaban J connectivity index is 1.84. The van der Waals surface area contributed by atoms with Crippen molar-refractivity contribution in [3.63, 3.8) is 0 Å². The third-order valence-corrected chi connectivity index (χ3v) is 2.44. The predicted molar refractivity (Wildman–Crippen MR) is 64.1 cm³/mol. The molecule has 0 saturated heterocycles. The predicted octanol–water partition coefficient (Wildman–Crippen LogP) is 0.657. The Labute approximate surface area is 94.6 Å². The number of aromatic nitrogens is 3. The summed E-state index contributed by atoms with van der Waals surface area (Å²) in [6, 6.07) is 6.12. The van der Waals surface area contributed by atoms with Crippen molar-refractivity contribution in [2.45, 2.75) is 13.5 Å². The molecule has 0 atom stereocenters. The molecule has 0 amide bonds. The minimum atomic E-state index is 0.869. The largest absolute Gasteiger partial charge is 0.316 e. The Morgan fingerprint density at radius 3 is 2.81 bits per heavy atom. The van der Waals surface area contributed by atoms with Gasteiger partial charge in [0.15, 0.2) is 0 Å². The van der Waals surface area contributed by atoms with Crippen LogP contribution >= 0.6 is 0 Å². The van der Waals surface area contributed by atoms with Crippen LogP contribution in [0.2, 0.25) is 0 Å². The van der Waals surface area contributed by atoms with Crippen molar-refractivity contribution in [2.24, 2.45) is 0 Å². The van der Waals surface area contributed by atoms with E-state index in [-0.39, 0.29) is 0 Å². The Hall–Kier alpha value is -1.46. The Morgan fingerprint density at radius 2 is 1.94 bits per heavy atom. The number of fused-ring (bicyclic) bond motifs is 1. The van der Waals surface area contributed by atoms with E-state index < -0.39 is 0 Å². The van der Waals surface area contributed by atoms with Gasteiger partial charge in [0.1, 0.15) is 11.0 Å². The first kappa shape index (κ1) is 11.0. The lowest BCUT2D eigenvalue weighted by Crippen LogP contribution is -2.26. The van der Waals surface area contributed by atoms with E-state index in [4.69, 9.17) is 0 Å². The smallest absolute Gasteiger partial charge is 0.113 e. The van der Waals surface area contributed by atoms with Gasteiger partial charge in [0.25, 0.3) is 0 Å². The third kappa shape index (κ3) is 2.77. The maximum absolute atomic E-state index is 4.06. The SMILES string of the molecule is CCNCCNCc1ccc2n[nH]nc2c1. The van der Waals surface area contributed by atoms with Crippen molar-refractivity contribution in [1.29, 1.82) is 0 Å². The molecule has 1 heterocycles. The second-order valence-corrected chi connectivity index (χ2v) is 3.68. The van der Waals surface area contributed by atoms with E-state index in [2.05, 4.69) is 45.1 Å². The van der Waals surface area contributed by atoms with Crippen LogP contribution in [0.25, 0.3) is 11.0 Å². The van der Waals surface area contributed by atoms with Gasteiger partial charge in [0, 0.05) is 19.6 Å². The molecule has 0 bridgehead atoms. The van der Waals surface area contributed by atoms with Gasteiger partial charge in [-0.3, -0.25) is 0 Å². The summed E-state index contributed by atoms with van der Waals surface area (Å²) in [4.78, 5) is 0. The molecule has 5 heteroatoms. The monoisotopic (exact) mass is 219 g/mol. The summed E-state index contributed by atoms with van der Waals surface area (Å²) >= 11 is 0. The first-order chi connectivity index (χ1) is 7.90. The van der Waals surface area contributed by atoms with Crippen LogP contribution in [0.5, 0.6) is 0 Å². The molecule has 3 N–H and O–H groups in total. The number of nitrogens with one attached hydrogen (secondary N) is 3. The Bertz CT molecular complexity index is 437. The highest BCUT2D eigenvalue weighted by Gasteiger charge is 1.99. The van der Waals surface area contributed by atoms with Crippen LogP contribution in [-0.4, -0.2) is 35.0 Å². The highest BCUT2D eigenvalue weighted by Crippen LogP contribution is 2.09. The van der Waals surface area contributed by atoms with Crippen molar-refractivity contribution in [1.82, 2.24) is 26.0 Å². The van der Waals surface area contributed by atoms with Crippen LogP contribution < -0.4 is 10.6 Å². The minimum Gasteiger partial charge on any atom is -0.316 e. The van der Waals surface area contributed by atoms with E-state index in [0.29, 0.717) is 0 Å². The van der Waals surface area contributed by atoms with Crippen LogP contribution in [-0.2, 0) is 6.54 Å². The lowest BCUT2D eigenvalue weighted by atomic mass is 10.2. The van der Waals surface area contributed by atoms with Crippen molar-refractivity contribution in [2.75, 3.05) is 19.6 Å². The quantitative estimate of drug-likeness (QED) is 0.624. The summed E-state index contributed by atoms with van der Waals surface area (Å²) in [5.41, 5.74) is 3.07. The Kier molecular flexibility index (Phi) is 3.85. The normalized spacial score (nSPS) is 11.1. The van der Waals surface area contributed by atoms with Crippen LogP contribution in [0.1, 0.15) is 12.5 Å². The van der Waals surface area contributed by atoms with E-state index in [9.17, 15) is 0 Å². The van der Waals surface area contributed by atoms with Crippen molar-refractivity contribution in [3.05, 3.63) is 23.8 Å². The highest BCUT2D eigenvalue weighted by molar-refractivity contribution is 5.74. The van der Waals surface area contributed by atoms with Gasteiger partial charge in [-0.05, 0) is 24.2 Å². The summed E-state index contributed by atoms with van der Waals surface area (Å²) in [6.45, 7) is 5.98. The number of rotatable bonds is 6. The first-order valence-electron chi connectivity index (χ1n) is 5.61. The second-order valence-electron chi connectivity index (χ2n) is 3.68. The fraction of sp³-hybridized carbons (Fsp3) is 0.455.